The third-order valence-corrected chi connectivity index (χ3v) is 11.6. The normalized spacial score (nSPS) is 20.1. The quantitative estimate of drug-likeness (QED) is 0.0197. The summed E-state index contributed by atoms with van der Waals surface area (Å²) in [5.74, 6) is -0.462. The zero-order chi connectivity index (χ0) is 50.3. The van der Waals surface area contributed by atoms with Gasteiger partial charge in [0.15, 0.2) is 6.29 Å². The number of rotatable bonds is 44. The zero-order valence-corrected chi connectivity index (χ0v) is 43.1. The Kier molecular flexibility index (Phi) is 42.4. The molecule has 0 aliphatic carbocycles. The highest BCUT2D eigenvalue weighted by molar-refractivity contribution is 7.80. The summed E-state index contributed by atoms with van der Waals surface area (Å²) < 4.78 is 59.2. The molecule has 12 nitrogen and oxygen atoms in total. The van der Waals surface area contributed by atoms with Gasteiger partial charge >= 0.3 is 16.4 Å². The lowest BCUT2D eigenvalue weighted by Crippen LogP contribution is -2.60. The molecule has 394 valence electrons. The molecule has 6 unspecified atom stereocenters. The van der Waals surface area contributed by atoms with Gasteiger partial charge in [0, 0.05) is 13.0 Å². The molecule has 1 saturated heterocycles. The Labute approximate surface area is 418 Å². The predicted octanol–water partition coefficient (Wildman–Crippen LogP) is 12.4. The minimum Gasteiger partial charge on any atom is -0.457 e. The molecule has 6 atom stereocenters. The highest BCUT2D eigenvalue weighted by atomic mass is 32.3. The third kappa shape index (κ3) is 39.1. The first kappa shape index (κ1) is 63.8. The van der Waals surface area contributed by atoms with Crippen molar-refractivity contribution in [2.75, 3.05) is 26.4 Å². The molecule has 0 amide bonds. The molecule has 1 aliphatic heterocycles. The smallest absolute Gasteiger partial charge is 0.397 e. The number of hydrogen-bond acceptors (Lipinski definition) is 11. The molecular formula is C56H92O12S. The lowest BCUT2D eigenvalue weighted by molar-refractivity contribution is -0.301. The Morgan fingerprint density at radius 2 is 1.00 bits per heavy atom. The van der Waals surface area contributed by atoms with E-state index in [9.17, 15) is 33.1 Å². The first-order valence-electron chi connectivity index (χ1n) is 26.1. The van der Waals surface area contributed by atoms with E-state index in [2.05, 4.69) is 121 Å². The number of carbonyl (C=O) groups excluding carboxylic acids is 1. The van der Waals surface area contributed by atoms with Gasteiger partial charge in [-0.05, 0) is 96.3 Å². The topological polar surface area (TPSA) is 178 Å². The van der Waals surface area contributed by atoms with E-state index in [0.29, 0.717) is 19.4 Å². The molecule has 0 aromatic rings. The van der Waals surface area contributed by atoms with Crippen molar-refractivity contribution < 1.29 is 56.2 Å². The Morgan fingerprint density at radius 1 is 0.565 bits per heavy atom. The van der Waals surface area contributed by atoms with E-state index < -0.39 is 59.8 Å². The van der Waals surface area contributed by atoms with Crippen LogP contribution in [-0.2, 0) is 38.3 Å². The second-order valence-corrected chi connectivity index (χ2v) is 18.4. The summed E-state index contributed by atoms with van der Waals surface area (Å²) in [7, 11) is -5.08. The van der Waals surface area contributed by atoms with Crippen LogP contribution in [0, 0.1) is 0 Å². The van der Waals surface area contributed by atoms with Gasteiger partial charge in [0.2, 0.25) is 0 Å². The third-order valence-electron chi connectivity index (χ3n) is 11.1. The summed E-state index contributed by atoms with van der Waals surface area (Å²) in [6.07, 6.45) is 55.5. The molecule has 0 aromatic carbocycles. The molecule has 0 radical (unpaired) electrons. The monoisotopic (exact) mass is 989 g/mol. The fraction of sp³-hybridized carbons (Fsp3) is 0.661. The number of aliphatic hydroxyl groups is 3. The van der Waals surface area contributed by atoms with Crippen molar-refractivity contribution in [3.8, 4) is 0 Å². The van der Waals surface area contributed by atoms with E-state index in [4.69, 9.17) is 18.9 Å². The molecule has 69 heavy (non-hydrogen) atoms. The van der Waals surface area contributed by atoms with Crippen molar-refractivity contribution in [1.29, 1.82) is 0 Å². The SMILES string of the molecule is CC/C=C\C/C=C\C/C=C\C/C=C\C/C=C\C/C=C\C/C=C\CCCC(=O)OC(COCCCCCCCCCC/C=C\C/C=C\CCCCCC)COC1OC(CO)C(O)C(OS(=O)(=O)O)C1O. The van der Waals surface area contributed by atoms with Crippen molar-refractivity contribution >= 4 is 16.4 Å². The fourth-order valence-electron chi connectivity index (χ4n) is 7.22. The molecule has 1 heterocycles. The van der Waals surface area contributed by atoms with Gasteiger partial charge in [-0.2, -0.15) is 8.42 Å². The maximum absolute atomic E-state index is 12.9. The van der Waals surface area contributed by atoms with Crippen molar-refractivity contribution in [2.45, 2.75) is 211 Å². The van der Waals surface area contributed by atoms with E-state index >= 15 is 0 Å². The number of hydrogen-bond donors (Lipinski definition) is 4. The Morgan fingerprint density at radius 3 is 1.46 bits per heavy atom. The van der Waals surface area contributed by atoms with Gasteiger partial charge in [-0.25, -0.2) is 4.18 Å². The van der Waals surface area contributed by atoms with Crippen molar-refractivity contribution in [1.82, 2.24) is 0 Å². The van der Waals surface area contributed by atoms with E-state index in [0.717, 1.165) is 77.0 Å². The number of carbonyl (C=O) groups is 1. The summed E-state index contributed by atoms with van der Waals surface area (Å²) in [6.45, 7) is 3.76. The Balaban J connectivity index is 2.43. The second kappa shape index (κ2) is 45.9. The number of unbranched alkanes of at least 4 members (excludes halogenated alkanes) is 13. The molecule has 4 N–H and O–H groups in total. The van der Waals surface area contributed by atoms with Crippen LogP contribution in [0.3, 0.4) is 0 Å². The number of esters is 1. The summed E-state index contributed by atoms with van der Waals surface area (Å²) in [4.78, 5) is 12.9. The molecule has 0 bridgehead atoms. The molecule has 0 saturated carbocycles. The molecular weight excluding hydrogens is 897 g/mol. The summed E-state index contributed by atoms with van der Waals surface area (Å²) in [5, 5.41) is 30.8. The molecule has 13 heteroatoms. The molecule has 1 aliphatic rings. The van der Waals surface area contributed by atoms with Gasteiger partial charge in [0.25, 0.3) is 0 Å². The average Bonchev–Trinajstić information content (AvgIpc) is 3.32. The van der Waals surface area contributed by atoms with Crippen LogP contribution in [0.15, 0.2) is 109 Å². The minimum absolute atomic E-state index is 0.00119. The summed E-state index contributed by atoms with van der Waals surface area (Å²) in [5.41, 5.74) is 0. The van der Waals surface area contributed by atoms with E-state index in [1.54, 1.807) is 0 Å². The Bertz CT molecular complexity index is 1610. The maximum Gasteiger partial charge on any atom is 0.397 e. The molecule has 0 spiro atoms. The fourth-order valence-corrected chi connectivity index (χ4v) is 7.73. The number of ether oxygens (including phenoxy) is 4. The lowest BCUT2D eigenvalue weighted by atomic mass is 9.99. The first-order chi connectivity index (χ1) is 33.6. The van der Waals surface area contributed by atoms with Crippen LogP contribution < -0.4 is 0 Å². The van der Waals surface area contributed by atoms with E-state index in [1.165, 1.54) is 64.2 Å². The van der Waals surface area contributed by atoms with Crippen molar-refractivity contribution in [3.63, 3.8) is 0 Å². The van der Waals surface area contributed by atoms with Crippen LogP contribution in [0.25, 0.3) is 0 Å². The van der Waals surface area contributed by atoms with Crippen molar-refractivity contribution in [2.24, 2.45) is 0 Å². The summed E-state index contributed by atoms with van der Waals surface area (Å²) >= 11 is 0. The van der Waals surface area contributed by atoms with Gasteiger partial charge in [-0.15, -0.1) is 0 Å². The van der Waals surface area contributed by atoms with Crippen LogP contribution in [0.1, 0.15) is 174 Å². The number of aliphatic hydroxyl groups excluding tert-OH is 3. The minimum atomic E-state index is -5.08. The van der Waals surface area contributed by atoms with Crippen LogP contribution in [0.5, 0.6) is 0 Å². The Hall–Kier alpha value is -3.24. The molecule has 1 fully saturated rings. The maximum atomic E-state index is 12.9. The van der Waals surface area contributed by atoms with Gasteiger partial charge in [0.05, 0.1) is 19.8 Å². The number of allylic oxidation sites excluding steroid dienone is 18. The van der Waals surface area contributed by atoms with Crippen LogP contribution >= 0.6 is 0 Å². The molecule has 1 rings (SSSR count). The predicted molar refractivity (Wildman–Crippen MR) is 280 cm³/mol. The average molecular weight is 989 g/mol. The van der Waals surface area contributed by atoms with Crippen LogP contribution in [0.2, 0.25) is 0 Å². The summed E-state index contributed by atoms with van der Waals surface area (Å²) in [6, 6.07) is 0. The standard InChI is InChI=1S/C56H92O12S/c1-3-5-7-9-11-13-15-17-19-21-23-24-25-26-27-29-31-33-35-37-39-41-43-45-52(58)66-50(49-65-56-54(60)55(68-69(61,62)63)53(59)51(47-57)67-56)48-64-46-44-42-40-38-36-34-32-30-28-22-20-18-16-14-12-10-8-6-4-2/h5,7,11,13-14,16-17,19-20,22-24,26-27,31,33,37,39,50-51,53-57,59-60H,3-4,6,8-10,12,15,18,21,25,28-30,32,34-36,38,40-49H2,1-2H3,(H,61,62,63)/b7-5-,13-11-,16-14-,19-17-,22-20-,24-23-,27-26-,33-31-,39-37-. The van der Waals surface area contributed by atoms with E-state index in [-0.39, 0.29) is 19.6 Å². The zero-order valence-electron chi connectivity index (χ0n) is 42.3. The van der Waals surface area contributed by atoms with Gasteiger partial charge in [-0.3, -0.25) is 9.35 Å². The second-order valence-electron chi connectivity index (χ2n) is 17.4. The first-order valence-corrected chi connectivity index (χ1v) is 27.5. The van der Waals surface area contributed by atoms with Crippen molar-refractivity contribution in [3.05, 3.63) is 109 Å². The van der Waals surface area contributed by atoms with Gasteiger partial charge < -0.3 is 34.3 Å². The highest BCUT2D eigenvalue weighted by Crippen LogP contribution is 2.26. The van der Waals surface area contributed by atoms with Crippen LogP contribution in [0.4, 0.5) is 0 Å². The largest absolute Gasteiger partial charge is 0.457 e. The lowest BCUT2D eigenvalue weighted by Gasteiger charge is -2.41. The van der Waals surface area contributed by atoms with E-state index in [1.807, 2.05) is 6.08 Å². The van der Waals surface area contributed by atoms with Gasteiger partial charge in [0.1, 0.15) is 30.5 Å². The highest BCUT2D eigenvalue weighted by Gasteiger charge is 2.48. The van der Waals surface area contributed by atoms with Crippen LogP contribution in [-0.4, -0.2) is 97.5 Å². The van der Waals surface area contributed by atoms with Gasteiger partial charge in [-0.1, -0.05) is 181 Å². The molecule has 0 aromatic heterocycles.